The molecule has 1 aliphatic heterocycles. The summed E-state index contributed by atoms with van der Waals surface area (Å²) in [6.07, 6.45) is 1.01. The molecule has 0 bridgehead atoms. The minimum absolute atomic E-state index is 0.286. The van der Waals surface area contributed by atoms with Gasteiger partial charge in [-0.05, 0) is 24.3 Å². The molecule has 0 spiro atoms. The van der Waals surface area contributed by atoms with Gasteiger partial charge >= 0.3 is 5.97 Å². The van der Waals surface area contributed by atoms with Crippen LogP contribution in [0.5, 0.6) is 0 Å². The molecule has 7 heteroatoms. The highest BCUT2D eigenvalue weighted by Crippen LogP contribution is 2.26. The molecule has 1 heterocycles. The molecular formula is C11H12N2O4S. The van der Waals surface area contributed by atoms with Gasteiger partial charge in [0.05, 0.1) is 4.92 Å². The fourth-order valence-electron chi connectivity index (χ4n) is 1.84. The molecule has 1 fully saturated rings. The Bertz CT molecular complexity index is 486. The van der Waals surface area contributed by atoms with E-state index < -0.39 is 10.9 Å². The van der Waals surface area contributed by atoms with Crippen molar-refractivity contribution in [2.75, 3.05) is 16.8 Å². The largest absolute Gasteiger partial charge is 0.477 e. The zero-order valence-electron chi connectivity index (χ0n) is 9.46. The number of hydrogen-bond donors (Lipinski definition) is 2. The zero-order valence-corrected chi connectivity index (χ0v) is 10.3. The molecule has 0 radical (unpaired) electrons. The van der Waals surface area contributed by atoms with Crippen LogP contribution in [0.25, 0.3) is 0 Å². The Labute approximate surface area is 108 Å². The minimum atomic E-state index is -1.29. The average Bonchev–Trinajstić information content (AvgIpc) is 2.81. The summed E-state index contributed by atoms with van der Waals surface area (Å²) < 4.78 is 0. The van der Waals surface area contributed by atoms with Crippen molar-refractivity contribution in [2.24, 2.45) is 0 Å². The van der Waals surface area contributed by atoms with Crippen LogP contribution in [0.4, 0.5) is 11.4 Å². The maximum absolute atomic E-state index is 10.9. The van der Waals surface area contributed by atoms with Crippen LogP contribution >= 0.6 is 11.8 Å². The van der Waals surface area contributed by atoms with E-state index in [1.165, 1.54) is 12.1 Å². The van der Waals surface area contributed by atoms with E-state index in [-0.39, 0.29) is 11.3 Å². The lowest BCUT2D eigenvalue weighted by molar-refractivity contribution is -0.385. The Hall–Kier alpha value is -1.76. The summed E-state index contributed by atoms with van der Waals surface area (Å²) in [7, 11) is 0. The van der Waals surface area contributed by atoms with Crippen LogP contribution < -0.4 is 5.32 Å². The summed E-state index contributed by atoms with van der Waals surface area (Å²) in [5, 5.41) is 22.9. The lowest BCUT2D eigenvalue weighted by Gasteiger charge is -2.12. The van der Waals surface area contributed by atoms with Gasteiger partial charge in [0.25, 0.3) is 5.69 Å². The van der Waals surface area contributed by atoms with Gasteiger partial charge in [-0.1, -0.05) is 0 Å². The second kappa shape index (κ2) is 5.26. The normalized spacial score (nSPS) is 18.6. The summed E-state index contributed by atoms with van der Waals surface area (Å²) in [5.41, 5.74) is -0.0660. The van der Waals surface area contributed by atoms with E-state index in [0.717, 1.165) is 17.9 Å². The van der Waals surface area contributed by atoms with Gasteiger partial charge in [0.1, 0.15) is 5.56 Å². The van der Waals surface area contributed by atoms with E-state index in [9.17, 15) is 14.9 Å². The Morgan fingerprint density at radius 3 is 2.89 bits per heavy atom. The first kappa shape index (κ1) is 12.7. The SMILES string of the molecule is O=C(O)c1ccc(NC2CCSC2)cc1[N+](=O)[O-]. The third-order valence-electron chi connectivity index (χ3n) is 2.73. The highest BCUT2D eigenvalue weighted by atomic mass is 32.2. The lowest BCUT2D eigenvalue weighted by atomic mass is 10.1. The van der Waals surface area contributed by atoms with Crippen LogP contribution in [-0.2, 0) is 0 Å². The molecule has 1 atom stereocenters. The van der Waals surface area contributed by atoms with Gasteiger partial charge in [-0.2, -0.15) is 11.8 Å². The van der Waals surface area contributed by atoms with Gasteiger partial charge in [0.2, 0.25) is 0 Å². The molecule has 1 aliphatic rings. The van der Waals surface area contributed by atoms with Crippen molar-refractivity contribution in [1.29, 1.82) is 0 Å². The van der Waals surface area contributed by atoms with Crippen molar-refractivity contribution in [1.82, 2.24) is 0 Å². The van der Waals surface area contributed by atoms with E-state index in [4.69, 9.17) is 5.11 Å². The number of nitrogens with one attached hydrogen (secondary N) is 1. The van der Waals surface area contributed by atoms with E-state index in [1.807, 2.05) is 11.8 Å². The maximum atomic E-state index is 10.9. The number of carbonyl (C=O) groups is 1. The Balaban J connectivity index is 2.24. The number of nitrogens with zero attached hydrogens (tertiary/aromatic N) is 1. The van der Waals surface area contributed by atoms with Gasteiger partial charge in [-0.15, -0.1) is 0 Å². The molecule has 2 rings (SSSR count). The van der Waals surface area contributed by atoms with E-state index >= 15 is 0 Å². The van der Waals surface area contributed by atoms with Gasteiger partial charge in [0.15, 0.2) is 0 Å². The second-order valence-corrected chi connectivity index (χ2v) is 5.15. The molecule has 0 saturated carbocycles. The first-order chi connectivity index (χ1) is 8.58. The molecule has 0 aliphatic carbocycles. The summed E-state index contributed by atoms with van der Waals surface area (Å²) >= 11 is 1.83. The molecule has 0 aromatic heterocycles. The molecule has 1 saturated heterocycles. The molecule has 1 unspecified atom stereocenters. The number of carboxylic acids is 1. The first-order valence-electron chi connectivity index (χ1n) is 5.44. The highest BCUT2D eigenvalue weighted by molar-refractivity contribution is 7.99. The molecule has 6 nitrogen and oxygen atoms in total. The number of hydrogen-bond acceptors (Lipinski definition) is 5. The third kappa shape index (κ3) is 2.73. The number of carboxylic acid groups (broad SMARTS) is 1. The molecular weight excluding hydrogens is 256 g/mol. The zero-order chi connectivity index (χ0) is 13.1. The topological polar surface area (TPSA) is 92.5 Å². The summed E-state index contributed by atoms with van der Waals surface area (Å²) in [4.78, 5) is 21.0. The van der Waals surface area contributed by atoms with E-state index in [1.54, 1.807) is 6.07 Å². The number of anilines is 1. The number of aromatic carboxylic acids is 1. The predicted molar refractivity (Wildman–Crippen MR) is 69.4 cm³/mol. The van der Waals surface area contributed by atoms with Crippen LogP contribution in [0.2, 0.25) is 0 Å². The Kier molecular flexibility index (Phi) is 3.71. The Morgan fingerprint density at radius 2 is 2.33 bits per heavy atom. The van der Waals surface area contributed by atoms with E-state index in [2.05, 4.69) is 5.32 Å². The van der Waals surface area contributed by atoms with Crippen molar-refractivity contribution in [2.45, 2.75) is 12.5 Å². The lowest BCUT2D eigenvalue weighted by Crippen LogP contribution is -2.18. The van der Waals surface area contributed by atoms with Crippen LogP contribution in [0.15, 0.2) is 18.2 Å². The maximum Gasteiger partial charge on any atom is 0.342 e. The molecule has 96 valence electrons. The highest BCUT2D eigenvalue weighted by Gasteiger charge is 2.21. The number of benzene rings is 1. The number of thioether (sulfide) groups is 1. The fraction of sp³-hybridized carbons (Fsp3) is 0.364. The standard InChI is InChI=1S/C11H12N2O4S/c14-11(15)9-2-1-7(5-10(9)13(16)17)12-8-3-4-18-6-8/h1-2,5,8,12H,3-4,6H2,(H,14,15). The predicted octanol–water partition coefficient (Wildman–Crippen LogP) is 2.21. The van der Waals surface area contributed by atoms with Gasteiger partial charge in [-0.3, -0.25) is 10.1 Å². The quantitative estimate of drug-likeness (QED) is 0.642. The molecule has 0 amide bonds. The van der Waals surface area contributed by atoms with Crippen molar-refractivity contribution in [3.05, 3.63) is 33.9 Å². The number of rotatable bonds is 4. The van der Waals surface area contributed by atoms with Crippen molar-refractivity contribution >= 4 is 29.1 Å². The molecule has 2 N–H and O–H groups in total. The fourth-order valence-corrected chi connectivity index (χ4v) is 2.99. The van der Waals surface area contributed by atoms with E-state index in [0.29, 0.717) is 11.7 Å². The number of nitro benzene ring substituents is 1. The van der Waals surface area contributed by atoms with Gasteiger partial charge in [-0.25, -0.2) is 4.79 Å². The van der Waals surface area contributed by atoms with Crippen LogP contribution in [0.1, 0.15) is 16.8 Å². The first-order valence-corrected chi connectivity index (χ1v) is 6.59. The van der Waals surface area contributed by atoms with Crippen LogP contribution in [-0.4, -0.2) is 33.5 Å². The van der Waals surface area contributed by atoms with Crippen LogP contribution in [0.3, 0.4) is 0 Å². The van der Waals surface area contributed by atoms with Crippen molar-refractivity contribution in [3.8, 4) is 0 Å². The monoisotopic (exact) mass is 268 g/mol. The smallest absolute Gasteiger partial charge is 0.342 e. The summed E-state index contributed by atoms with van der Waals surface area (Å²) in [5.74, 6) is 0.756. The Morgan fingerprint density at radius 1 is 1.56 bits per heavy atom. The second-order valence-electron chi connectivity index (χ2n) is 4.00. The summed E-state index contributed by atoms with van der Waals surface area (Å²) in [6.45, 7) is 0. The average molecular weight is 268 g/mol. The van der Waals surface area contributed by atoms with Gasteiger partial charge in [0, 0.05) is 23.5 Å². The van der Waals surface area contributed by atoms with Crippen LogP contribution in [0, 0.1) is 10.1 Å². The number of nitro groups is 1. The third-order valence-corrected chi connectivity index (χ3v) is 3.89. The minimum Gasteiger partial charge on any atom is -0.477 e. The van der Waals surface area contributed by atoms with Gasteiger partial charge < -0.3 is 10.4 Å². The van der Waals surface area contributed by atoms with Crippen molar-refractivity contribution in [3.63, 3.8) is 0 Å². The summed E-state index contributed by atoms with van der Waals surface area (Å²) in [6, 6.07) is 4.42. The molecule has 1 aromatic carbocycles. The van der Waals surface area contributed by atoms with Crippen molar-refractivity contribution < 1.29 is 14.8 Å². The molecule has 18 heavy (non-hydrogen) atoms. The molecule has 1 aromatic rings.